The molecule has 4 rings (SSSR count). The van der Waals surface area contributed by atoms with Gasteiger partial charge in [-0.2, -0.15) is 4.58 Å². The molecular formula is C22H22N+. The van der Waals surface area contributed by atoms with Crippen LogP contribution in [0.3, 0.4) is 0 Å². The summed E-state index contributed by atoms with van der Waals surface area (Å²) in [5.41, 5.74) is 5.65. The Hall–Kier alpha value is -2.41. The highest BCUT2D eigenvalue weighted by molar-refractivity contribution is 6.01. The van der Waals surface area contributed by atoms with Crippen molar-refractivity contribution in [2.45, 2.75) is 32.7 Å². The largest absolute Gasteiger partial charge is 0.210 e. The zero-order valence-corrected chi connectivity index (χ0v) is 14.0. The van der Waals surface area contributed by atoms with Gasteiger partial charge in [-0.3, -0.25) is 0 Å². The van der Waals surface area contributed by atoms with Gasteiger partial charge in [-0.25, -0.2) is 0 Å². The summed E-state index contributed by atoms with van der Waals surface area (Å²) in [4.78, 5) is 0. The van der Waals surface area contributed by atoms with E-state index < -0.39 is 0 Å². The molecule has 0 atom stereocenters. The molecule has 3 aromatic rings. The number of benzene rings is 3. The van der Waals surface area contributed by atoms with Gasteiger partial charge in [0.1, 0.15) is 0 Å². The first-order valence-electron chi connectivity index (χ1n) is 8.27. The molecule has 1 nitrogen and oxygen atoms in total. The standard InChI is InChI=1S/C22H22N/c1-16-22(2,3)21-19-12-8-7-11-18(19)13-14-20(21)23(16)15-17-9-5-4-6-10-17/h4-14H,15H2,1-3H3/q+1. The molecule has 0 unspecified atom stereocenters. The molecular weight excluding hydrogens is 278 g/mol. The maximum Gasteiger partial charge on any atom is 0.210 e. The van der Waals surface area contributed by atoms with Gasteiger partial charge in [0.05, 0.1) is 5.41 Å². The zero-order valence-electron chi connectivity index (χ0n) is 14.0. The van der Waals surface area contributed by atoms with E-state index in [4.69, 9.17) is 0 Å². The van der Waals surface area contributed by atoms with Crippen molar-refractivity contribution < 1.29 is 4.58 Å². The van der Waals surface area contributed by atoms with E-state index in [0.717, 1.165) is 6.54 Å². The third-order valence-corrected chi connectivity index (χ3v) is 5.32. The summed E-state index contributed by atoms with van der Waals surface area (Å²) in [6.45, 7) is 7.90. The van der Waals surface area contributed by atoms with Gasteiger partial charge in [0.25, 0.3) is 0 Å². The second-order valence-electron chi connectivity index (χ2n) is 6.96. The monoisotopic (exact) mass is 300 g/mol. The highest BCUT2D eigenvalue weighted by Gasteiger charge is 2.44. The van der Waals surface area contributed by atoms with Gasteiger partial charge in [-0.15, -0.1) is 0 Å². The van der Waals surface area contributed by atoms with Gasteiger partial charge in [-0.1, -0.05) is 54.6 Å². The Balaban J connectivity index is 1.93. The lowest BCUT2D eigenvalue weighted by Gasteiger charge is -2.17. The quantitative estimate of drug-likeness (QED) is 0.555. The van der Waals surface area contributed by atoms with Gasteiger partial charge in [0.2, 0.25) is 5.69 Å². The minimum atomic E-state index is 0.0605. The van der Waals surface area contributed by atoms with Gasteiger partial charge < -0.3 is 0 Å². The molecule has 3 aromatic carbocycles. The number of hydrogen-bond donors (Lipinski definition) is 0. The molecule has 0 spiro atoms. The molecule has 0 saturated carbocycles. The molecule has 0 bridgehead atoms. The van der Waals surface area contributed by atoms with Crippen molar-refractivity contribution in [1.29, 1.82) is 0 Å². The Morgan fingerprint density at radius 1 is 0.826 bits per heavy atom. The van der Waals surface area contributed by atoms with Crippen LogP contribution in [0, 0.1) is 0 Å². The molecule has 0 N–H and O–H groups in total. The Labute approximate surface area is 137 Å². The van der Waals surface area contributed by atoms with E-state index in [-0.39, 0.29) is 5.41 Å². The van der Waals surface area contributed by atoms with Crippen LogP contribution in [0.2, 0.25) is 0 Å². The molecule has 0 aliphatic carbocycles. The second kappa shape index (κ2) is 5.06. The minimum absolute atomic E-state index is 0.0605. The van der Waals surface area contributed by atoms with E-state index in [1.165, 1.54) is 33.3 Å². The van der Waals surface area contributed by atoms with Crippen molar-refractivity contribution in [3.05, 3.63) is 77.9 Å². The van der Waals surface area contributed by atoms with Gasteiger partial charge in [0, 0.05) is 24.1 Å². The van der Waals surface area contributed by atoms with Crippen molar-refractivity contribution in [1.82, 2.24) is 0 Å². The van der Waals surface area contributed by atoms with Crippen LogP contribution in [0.1, 0.15) is 31.9 Å². The normalized spacial score (nSPS) is 16.0. The SMILES string of the molecule is CC1=[N+](Cc2ccccc2)c2ccc3ccccc3c2C1(C)C. The van der Waals surface area contributed by atoms with E-state index in [0.29, 0.717) is 0 Å². The van der Waals surface area contributed by atoms with Gasteiger partial charge in [-0.05, 0) is 30.7 Å². The minimum Gasteiger partial charge on any atom is -0.195 e. The molecule has 1 aliphatic rings. The summed E-state index contributed by atoms with van der Waals surface area (Å²) in [5.74, 6) is 0. The Bertz CT molecular complexity index is 917. The van der Waals surface area contributed by atoms with E-state index in [1.807, 2.05) is 0 Å². The first-order chi connectivity index (χ1) is 11.1. The number of hydrogen-bond acceptors (Lipinski definition) is 0. The molecule has 0 saturated heterocycles. The number of fused-ring (bicyclic) bond motifs is 3. The number of nitrogens with zero attached hydrogens (tertiary/aromatic N) is 1. The topological polar surface area (TPSA) is 3.01 Å². The molecule has 1 aliphatic heterocycles. The average molecular weight is 300 g/mol. The molecule has 0 radical (unpaired) electrons. The lowest BCUT2D eigenvalue weighted by molar-refractivity contribution is -0.456. The summed E-state index contributed by atoms with van der Waals surface area (Å²) in [7, 11) is 0. The second-order valence-corrected chi connectivity index (χ2v) is 6.96. The summed E-state index contributed by atoms with van der Waals surface area (Å²) in [6, 6.07) is 24.0. The summed E-state index contributed by atoms with van der Waals surface area (Å²) in [6.07, 6.45) is 0. The third kappa shape index (κ3) is 2.11. The molecule has 0 fully saturated rings. The highest BCUT2D eigenvalue weighted by Crippen LogP contribution is 2.44. The van der Waals surface area contributed by atoms with Crippen LogP contribution < -0.4 is 0 Å². The maximum atomic E-state index is 2.48. The average Bonchev–Trinajstić information content (AvgIpc) is 2.77. The van der Waals surface area contributed by atoms with Crippen LogP contribution in [0.15, 0.2) is 66.7 Å². The van der Waals surface area contributed by atoms with Crippen molar-refractivity contribution in [3.63, 3.8) is 0 Å². The molecule has 0 amide bonds. The Morgan fingerprint density at radius 2 is 1.52 bits per heavy atom. The van der Waals surface area contributed by atoms with Gasteiger partial charge in [0.15, 0.2) is 12.3 Å². The predicted molar refractivity (Wildman–Crippen MR) is 97.7 cm³/mol. The van der Waals surface area contributed by atoms with E-state index in [2.05, 4.69) is 92.1 Å². The molecule has 0 aromatic heterocycles. The van der Waals surface area contributed by atoms with E-state index in [9.17, 15) is 0 Å². The molecule has 23 heavy (non-hydrogen) atoms. The first-order valence-corrected chi connectivity index (χ1v) is 8.27. The number of rotatable bonds is 2. The fourth-order valence-electron chi connectivity index (χ4n) is 3.81. The summed E-state index contributed by atoms with van der Waals surface area (Å²) >= 11 is 0. The first kappa shape index (κ1) is 14.2. The van der Waals surface area contributed by atoms with Crippen molar-refractivity contribution in [3.8, 4) is 0 Å². The van der Waals surface area contributed by atoms with Crippen LogP contribution >= 0.6 is 0 Å². The van der Waals surface area contributed by atoms with Crippen LogP contribution in [-0.2, 0) is 12.0 Å². The van der Waals surface area contributed by atoms with Crippen LogP contribution in [0.4, 0.5) is 5.69 Å². The predicted octanol–water partition coefficient (Wildman–Crippen LogP) is 5.44. The highest BCUT2D eigenvalue weighted by atomic mass is 15.1. The molecule has 1 heterocycles. The lowest BCUT2D eigenvalue weighted by Crippen LogP contribution is -2.26. The fourth-order valence-corrected chi connectivity index (χ4v) is 3.81. The molecule has 1 heteroatoms. The zero-order chi connectivity index (χ0) is 16.0. The van der Waals surface area contributed by atoms with Crippen LogP contribution in [-0.4, -0.2) is 10.3 Å². The van der Waals surface area contributed by atoms with E-state index in [1.54, 1.807) is 0 Å². The summed E-state index contributed by atoms with van der Waals surface area (Å²) < 4.78 is 2.48. The summed E-state index contributed by atoms with van der Waals surface area (Å²) in [5, 5.41) is 2.71. The van der Waals surface area contributed by atoms with Crippen molar-refractivity contribution >= 4 is 22.2 Å². The molecule has 114 valence electrons. The third-order valence-electron chi connectivity index (χ3n) is 5.32. The smallest absolute Gasteiger partial charge is 0.195 e. The van der Waals surface area contributed by atoms with Crippen molar-refractivity contribution in [2.75, 3.05) is 0 Å². The van der Waals surface area contributed by atoms with Crippen molar-refractivity contribution in [2.24, 2.45) is 0 Å². The van der Waals surface area contributed by atoms with Gasteiger partial charge >= 0.3 is 0 Å². The maximum absolute atomic E-state index is 2.48. The Kier molecular flexibility index (Phi) is 3.12. The van der Waals surface area contributed by atoms with Crippen LogP contribution in [0.25, 0.3) is 10.8 Å². The Morgan fingerprint density at radius 3 is 2.30 bits per heavy atom. The van der Waals surface area contributed by atoms with Crippen LogP contribution in [0.5, 0.6) is 0 Å². The van der Waals surface area contributed by atoms with E-state index >= 15 is 0 Å². The lowest BCUT2D eigenvalue weighted by atomic mass is 9.80. The fraction of sp³-hybridized carbons (Fsp3) is 0.227.